The number of hydrogen-bond acceptors (Lipinski definition) is 4. The number of hydrogen-bond donors (Lipinski definition) is 0. The second-order valence-electron chi connectivity index (χ2n) is 6.59. The Bertz CT molecular complexity index is 1050. The van der Waals surface area contributed by atoms with Crippen molar-refractivity contribution in [1.29, 1.82) is 0 Å². The molecule has 0 atom stereocenters. The van der Waals surface area contributed by atoms with Crippen LogP contribution < -0.4 is 4.74 Å². The predicted molar refractivity (Wildman–Crippen MR) is 90.6 cm³/mol. The van der Waals surface area contributed by atoms with Gasteiger partial charge in [-0.3, -0.25) is 4.79 Å². The summed E-state index contributed by atoms with van der Waals surface area (Å²) in [5.41, 5.74) is -0.0667. The van der Waals surface area contributed by atoms with Crippen LogP contribution in [0.2, 0.25) is 0 Å². The lowest BCUT2D eigenvalue weighted by Crippen LogP contribution is -2.59. The predicted octanol–water partition coefficient (Wildman–Crippen LogP) is 3.72. The van der Waals surface area contributed by atoms with Crippen LogP contribution in [0, 0.1) is 0 Å². The maximum Gasteiger partial charge on any atom is 0.416 e. The summed E-state index contributed by atoms with van der Waals surface area (Å²) < 4.78 is 70.6. The van der Waals surface area contributed by atoms with Gasteiger partial charge in [-0.15, -0.1) is 0 Å². The number of carbonyl (C=O) groups excluding carboxylic acids is 1. The van der Waals surface area contributed by atoms with Gasteiger partial charge in [-0.05, 0) is 30.3 Å². The van der Waals surface area contributed by atoms with Gasteiger partial charge in [0.05, 0.1) is 25.0 Å². The van der Waals surface area contributed by atoms with Gasteiger partial charge in [-0.1, -0.05) is 0 Å². The van der Waals surface area contributed by atoms with E-state index < -0.39 is 36.7 Å². The molecule has 1 amide bonds. The molecule has 1 fully saturated rings. The van der Waals surface area contributed by atoms with Crippen LogP contribution in [0.3, 0.4) is 0 Å². The first-order valence-corrected chi connectivity index (χ1v) is 8.43. The molecule has 0 saturated carbocycles. The summed E-state index contributed by atoms with van der Waals surface area (Å²) in [4.78, 5) is 21.5. The number of halogens is 5. The minimum atomic E-state index is -4.45. The maximum atomic E-state index is 12.9. The largest absolute Gasteiger partial charge is 0.439 e. The number of aromatic nitrogens is 3. The summed E-state index contributed by atoms with van der Waals surface area (Å²) in [7, 11) is 0. The number of benzene rings is 1. The van der Waals surface area contributed by atoms with E-state index in [1.165, 1.54) is 29.1 Å². The summed E-state index contributed by atoms with van der Waals surface area (Å²) in [6, 6.07) is 7.16. The Morgan fingerprint density at radius 2 is 1.79 bits per heavy atom. The highest BCUT2D eigenvalue weighted by molar-refractivity contribution is 5.80. The monoisotopic (exact) mass is 412 g/mol. The van der Waals surface area contributed by atoms with E-state index in [-0.39, 0.29) is 23.8 Å². The van der Waals surface area contributed by atoms with Gasteiger partial charge in [-0.2, -0.15) is 18.2 Å². The fraction of sp³-hybridized carbons (Fsp3) is 0.278. The summed E-state index contributed by atoms with van der Waals surface area (Å²) in [5, 5.41) is 0. The highest BCUT2D eigenvalue weighted by Crippen LogP contribution is 2.31. The number of nitrogens with zero attached hydrogens (tertiary/aromatic N) is 4. The number of amides is 1. The minimum Gasteiger partial charge on any atom is -0.439 e. The second kappa shape index (κ2) is 6.68. The molecule has 0 radical (unpaired) electrons. The van der Waals surface area contributed by atoms with E-state index in [1.54, 1.807) is 6.07 Å². The quantitative estimate of drug-likeness (QED) is 0.613. The summed E-state index contributed by atoms with van der Waals surface area (Å²) in [6.07, 6.45) is -3.09. The molecule has 1 aliphatic heterocycles. The Kier molecular flexibility index (Phi) is 4.39. The third-order valence-electron chi connectivity index (χ3n) is 4.34. The Balaban J connectivity index is 1.50. The maximum absolute atomic E-state index is 12.9. The molecule has 3 aromatic rings. The molecule has 152 valence electrons. The first-order valence-electron chi connectivity index (χ1n) is 8.43. The zero-order valence-corrected chi connectivity index (χ0v) is 14.7. The third-order valence-corrected chi connectivity index (χ3v) is 4.34. The number of fused-ring (bicyclic) bond motifs is 1. The number of rotatable bonds is 4. The van der Waals surface area contributed by atoms with Gasteiger partial charge >= 0.3 is 6.18 Å². The van der Waals surface area contributed by atoms with Crippen LogP contribution in [0.1, 0.15) is 5.56 Å². The lowest BCUT2D eigenvalue weighted by molar-refractivity contribution is -0.166. The molecular weight excluding hydrogens is 399 g/mol. The van der Waals surface area contributed by atoms with E-state index in [2.05, 4.69) is 9.97 Å². The zero-order chi connectivity index (χ0) is 20.8. The molecule has 0 spiro atoms. The van der Waals surface area contributed by atoms with Crippen LogP contribution in [-0.4, -0.2) is 44.4 Å². The molecule has 0 aliphatic carbocycles. The number of pyridine rings is 1. The normalized spacial score (nSPS) is 16.0. The zero-order valence-electron chi connectivity index (χ0n) is 14.7. The molecule has 1 saturated heterocycles. The van der Waals surface area contributed by atoms with E-state index in [1.807, 2.05) is 0 Å². The number of likely N-dealkylation sites (tertiary alicyclic amines) is 1. The average molecular weight is 412 g/mol. The van der Waals surface area contributed by atoms with E-state index in [9.17, 15) is 26.7 Å². The lowest BCUT2D eigenvalue weighted by Gasteiger charge is -2.38. The van der Waals surface area contributed by atoms with Crippen molar-refractivity contribution in [2.24, 2.45) is 0 Å². The fourth-order valence-corrected chi connectivity index (χ4v) is 2.86. The van der Waals surface area contributed by atoms with E-state index >= 15 is 0 Å². The Morgan fingerprint density at radius 3 is 2.41 bits per heavy atom. The molecule has 4 rings (SSSR count). The summed E-state index contributed by atoms with van der Waals surface area (Å²) in [5.74, 6) is -3.11. The molecule has 0 unspecified atom stereocenters. The highest BCUT2D eigenvalue weighted by atomic mass is 19.4. The standard InChI is InChI=1S/C18H13F5N4O2/c19-17(20)8-27(9-17)15(28)7-26-10-24-13-5-6-14(25-16(13)26)29-12-3-1-11(2-4-12)18(21,22)23/h1-6,10H,7-9H2. The molecule has 1 aromatic carbocycles. The number of alkyl halides is 5. The van der Waals surface area contributed by atoms with Gasteiger partial charge in [0, 0.05) is 6.07 Å². The van der Waals surface area contributed by atoms with Gasteiger partial charge < -0.3 is 14.2 Å². The Hall–Kier alpha value is -3.24. The molecule has 29 heavy (non-hydrogen) atoms. The van der Waals surface area contributed by atoms with Gasteiger partial charge in [-0.25, -0.2) is 13.8 Å². The van der Waals surface area contributed by atoms with Crippen LogP contribution in [0.25, 0.3) is 11.2 Å². The van der Waals surface area contributed by atoms with Crippen molar-refractivity contribution < 1.29 is 31.5 Å². The Morgan fingerprint density at radius 1 is 1.10 bits per heavy atom. The molecule has 2 aromatic heterocycles. The molecule has 11 heteroatoms. The van der Waals surface area contributed by atoms with Gasteiger partial charge in [0.2, 0.25) is 11.8 Å². The molecule has 3 heterocycles. The third kappa shape index (κ3) is 3.98. The molecule has 6 nitrogen and oxygen atoms in total. The number of imidazole rings is 1. The van der Waals surface area contributed by atoms with E-state index in [0.717, 1.165) is 17.0 Å². The van der Waals surface area contributed by atoms with Crippen molar-refractivity contribution in [3.8, 4) is 11.6 Å². The van der Waals surface area contributed by atoms with Crippen molar-refractivity contribution in [2.45, 2.75) is 18.6 Å². The molecule has 1 aliphatic rings. The second-order valence-corrected chi connectivity index (χ2v) is 6.59. The number of ether oxygens (including phenoxy) is 1. The van der Waals surface area contributed by atoms with Crippen molar-refractivity contribution in [2.75, 3.05) is 13.1 Å². The van der Waals surface area contributed by atoms with E-state index in [4.69, 9.17) is 4.74 Å². The summed E-state index contributed by atoms with van der Waals surface area (Å²) in [6.45, 7) is -1.45. The van der Waals surface area contributed by atoms with Crippen LogP contribution in [0.5, 0.6) is 11.6 Å². The topological polar surface area (TPSA) is 60.3 Å². The SMILES string of the molecule is O=C(Cn1cnc2ccc(Oc3ccc(C(F)(F)F)cc3)nc21)N1CC(F)(F)C1. The van der Waals surface area contributed by atoms with Gasteiger partial charge in [0.25, 0.3) is 5.92 Å². The minimum absolute atomic E-state index is 0.0851. The first-order chi connectivity index (χ1) is 13.6. The van der Waals surface area contributed by atoms with Gasteiger partial charge in [0.15, 0.2) is 5.65 Å². The smallest absolute Gasteiger partial charge is 0.416 e. The van der Waals surface area contributed by atoms with Crippen LogP contribution in [-0.2, 0) is 17.5 Å². The average Bonchev–Trinajstić information content (AvgIpc) is 3.01. The molecule has 0 N–H and O–H groups in total. The van der Waals surface area contributed by atoms with Crippen LogP contribution in [0.15, 0.2) is 42.7 Å². The number of carbonyl (C=O) groups is 1. The lowest BCUT2D eigenvalue weighted by atomic mass is 10.1. The van der Waals surface area contributed by atoms with Gasteiger partial charge in [0.1, 0.15) is 17.8 Å². The van der Waals surface area contributed by atoms with Crippen LogP contribution in [0.4, 0.5) is 22.0 Å². The van der Waals surface area contributed by atoms with Crippen molar-refractivity contribution in [3.63, 3.8) is 0 Å². The molecule has 0 bridgehead atoms. The Labute approximate surface area is 160 Å². The van der Waals surface area contributed by atoms with Crippen molar-refractivity contribution in [1.82, 2.24) is 19.4 Å². The van der Waals surface area contributed by atoms with Crippen LogP contribution >= 0.6 is 0 Å². The molecular formula is C18H13F5N4O2. The summed E-state index contributed by atoms with van der Waals surface area (Å²) >= 11 is 0. The first kappa shape index (κ1) is 19.1. The van der Waals surface area contributed by atoms with Crippen molar-refractivity contribution in [3.05, 3.63) is 48.3 Å². The highest BCUT2D eigenvalue weighted by Gasteiger charge is 2.46. The van der Waals surface area contributed by atoms with E-state index in [0.29, 0.717) is 5.52 Å². The fourth-order valence-electron chi connectivity index (χ4n) is 2.86. The van der Waals surface area contributed by atoms with Crippen molar-refractivity contribution >= 4 is 17.1 Å².